The average molecular weight is 964 g/mol. The van der Waals surface area contributed by atoms with E-state index in [-0.39, 0.29) is 67.7 Å². The minimum atomic E-state index is -4.16. The molecular weight excluding hydrogens is 904 g/mol. The number of halogens is 3. The van der Waals surface area contributed by atoms with Gasteiger partial charge in [0.15, 0.2) is 0 Å². The maximum absolute atomic E-state index is 13.1. The number of amides is 5. The standard InChI is InChI=1S/C50H60F3N5O11/c1-33-7-16-43(47(61)56-33)58-48(62)40-15-14-39(30-41(40)49(58)63)69-26-25-68-24-23-67-22-21-66-20-19-65-18-17-57(2)45(59)28-35-5-4-6-36(27-35)31-55-46(60)42-29-37(44(64-3)32-54-42)11-8-34-9-12-38(13-10-34)50(51,52)53/h4-6,8,11,14-15,27,29-30,32,34,38,43H,1,7,9-10,12-13,16-26,28,31H2,2-3H3,(H,55,60)(H,56,61)/b11-8+/t34-,38-,43?. The number of imide groups is 1. The van der Waals surface area contributed by atoms with Gasteiger partial charge in [-0.05, 0) is 79.8 Å². The van der Waals surface area contributed by atoms with Crippen molar-refractivity contribution in [3.63, 3.8) is 0 Å². The lowest BCUT2D eigenvalue weighted by Gasteiger charge is -2.29. The zero-order chi connectivity index (χ0) is 49.3. The summed E-state index contributed by atoms with van der Waals surface area (Å²) in [5.41, 5.74) is 3.34. The zero-order valence-electron chi connectivity index (χ0n) is 39.0. The molecule has 1 saturated carbocycles. The van der Waals surface area contributed by atoms with E-state index in [1.165, 1.54) is 25.4 Å². The highest BCUT2D eigenvalue weighted by molar-refractivity contribution is 6.23. The summed E-state index contributed by atoms with van der Waals surface area (Å²) in [5.74, 6) is -2.35. The zero-order valence-corrected chi connectivity index (χ0v) is 39.0. The van der Waals surface area contributed by atoms with E-state index >= 15 is 0 Å². The molecule has 16 nitrogen and oxygen atoms in total. The number of allylic oxidation sites excluding steroid dienone is 2. The molecule has 2 aromatic carbocycles. The molecule has 1 aromatic heterocycles. The Balaban J connectivity index is 0.774. The van der Waals surface area contributed by atoms with Crippen LogP contribution in [0.15, 0.2) is 73.1 Å². The SMILES string of the molecule is C=C1CCC(N2C(=O)c3ccc(OCCOCCOCCOCCOCCN(C)C(=O)Cc4cccc(CNC(=O)c5cc(/C=C/[C@H]6CC[C@H](C(F)(F)F)CC6)c(OC)cn5)c4)cc3C2=O)C(=O)N1. The first kappa shape index (κ1) is 52.2. The van der Waals surface area contributed by atoms with Crippen molar-refractivity contribution < 1.29 is 65.6 Å². The molecule has 19 heteroatoms. The number of alkyl halides is 3. The number of hydrogen-bond acceptors (Lipinski definition) is 12. The largest absolute Gasteiger partial charge is 0.495 e. The highest BCUT2D eigenvalue weighted by Crippen LogP contribution is 2.40. The van der Waals surface area contributed by atoms with Gasteiger partial charge >= 0.3 is 6.18 Å². The molecular formula is C50H60F3N5O11. The van der Waals surface area contributed by atoms with E-state index in [4.69, 9.17) is 28.4 Å². The van der Waals surface area contributed by atoms with E-state index in [2.05, 4.69) is 22.2 Å². The molecule has 1 atom stereocenters. The van der Waals surface area contributed by atoms with Gasteiger partial charge in [0.25, 0.3) is 17.7 Å². The fraction of sp³-hybridized carbons (Fsp3) is 0.480. The van der Waals surface area contributed by atoms with Crippen LogP contribution in [-0.2, 0) is 41.5 Å². The number of nitrogens with one attached hydrogen (secondary N) is 2. The van der Waals surface area contributed by atoms with E-state index < -0.39 is 41.8 Å². The second-order valence-electron chi connectivity index (χ2n) is 17.0. The van der Waals surface area contributed by atoms with Gasteiger partial charge in [-0.25, -0.2) is 4.98 Å². The molecule has 1 saturated heterocycles. The van der Waals surface area contributed by atoms with Gasteiger partial charge in [-0.15, -0.1) is 0 Å². The molecule has 3 heterocycles. The second-order valence-corrected chi connectivity index (χ2v) is 17.0. The number of carbonyl (C=O) groups excluding carboxylic acids is 5. The molecule has 5 amide bonds. The molecule has 372 valence electrons. The Labute approximate surface area is 399 Å². The van der Waals surface area contributed by atoms with Crippen molar-refractivity contribution in [1.82, 2.24) is 25.4 Å². The van der Waals surface area contributed by atoms with Crippen molar-refractivity contribution in [3.05, 3.63) is 107 Å². The molecule has 2 aliphatic heterocycles. The molecule has 6 rings (SSSR count). The third kappa shape index (κ3) is 15.2. The fourth-order valence-corrected chi connectivity index (χ4v) is 8.12. The summed E-state index contributed by atoms with van der Waals surface area (Å²) in [6, 6.07) is 12.7. The minimum absolute atomic E-state index is 0.00541. The molecule has 2 N–H and O–H groups in total. The smallest absolute Gasteiger partial charge is 0.391 e. The van der Waals surface area contributed by atoms with Crippen LogP contribution in [0.3, 0.4) is 0 Å². The molecule has 69 heavy (non-hydrogen) atoms. The van der Waals surface area contributed by atoms with Gasteiger partial charge in [-0.2, -0.15) is 13.2 Å². The maximum Gasteiger partial charge on any atom is 0.391 e. The Morgan fingerprint density at radius 2 is 1.51 bits per heavy atom. The van der Waals surface area contributed by atoms with Crippen molar-refractivity contribution in [3.8, 4) is 11.5 Å². The van der Waals surface area contributed by atoms with Crippen molar-refractivity contribution in [1.29, 1.82) is 0 Å². The van der Waals surface area contributed by atoms with Crippen LogP contribution < -0.4 is 20.1 Å². The molecule has 3 aliphatic rings. The summed E-state index contributed by atoms with van der Waals surface area (Å²) >= 11 is 0. The van der Waals surface area contributed by atoms with Crippen molar-refractivity contribution in [2.45, 2.75) is 63.7 Å². The first-order chi connectivity index (χ1) is 33.2. The van der Waals surface area contributed by atoms with Crippen LogP contribution in [0.4, 0.5) is 13.2 Å². The molecule has 1 unspecified atom stereocenters. The number of methoxy groups -OCH3 is 1. The van der Waals surface area contributed by atoms with Gasteiger partial charge in [-0.1, -0.05) is 43.0 Å². The van der Waals surface area contributed by atoms with Crippen LogP contribution in [0.1, 0.15) is 86.4 Å². The predicted molar refractivity (Wildman–Crippen MR) is 246 cm³/mol. The van der Waals surface area contributed by atoms with Gasteiger partial charge in [0.2, 0.25) is 11.8 Å². The summed E-state index contributed by atoms with van der Waals surface area (Å²) in [5, 5.41) is 5.48. The number of fused-ring (bicyclic) bond motifs is 1. The second kappa shape index (κ2) is 25.5. The van der Waals surface area contributed by atoms with Crippen molar-refractivity contribution in [2.75, 3.05) is 80.2 Å². The van der Waals surface area contributed by atoms with E-state index in [0.717, 1.165) is 16.0 Å². The molecule has 3 aromatic rings. The number of aromatic nitrogens is 1. The summed E-state index contributed by atoms with van der Waals surface area (Å²) in [6.45, 7) is 7.26. The number of piperidine rings is 1. The Bertz CT molecular complexity index is 2320. The summed E-state index contributed by atoms with van der Waals surface area (Å²) in [4.78, 5) is 71.3. The number of pyridine rings is 1. The highest BCUT2D eigenvalue weighted by atomic mass is 19.4. The van der Waals surface area contributed by atoms with Crippen molar-refractivity contribution >= 4 is 35.6 Å². The monoisotopic (exact) mass is 963 g/mol. The van der Waals surface area contributed by atoms with Crippen LogP contribution in [0.25, 0.3) is 6.08 Å². The molecule has 1 aliphatic carbocycles. The van der Waals surface area contributed by atoms with Crippen LogP contribution in [0.2, 0.25) is 0 Å². The molecule has 0 radical (unpaired) electrons. The fourth-order valence-electron chi connectivity index (χ4n) is 8.12. The van der Waals surface area contributed by atoms with Gasteiger partial charge in [0.1, 0.15) is 29.8 Å². The van der Waals surface area contributed by atoms with Gasteiger partial charge < -0.3 is 44.0 Å². The van der Waals surface area contributed by atoms with Crippen LogP contribution in [0, 0.1) is 11.8 Å². The maximum atomic E-state index is 13.1. The first-order valence-electron chi connectivity index (χ1n) is 23.0. The predicted octanol–water partition coefficient (Wildman–Crippen LogP) is 5.94. The van der Waals surface area contributed by atoms with E-state index in [1.54, 1.807) is 30.2 Å². The summed E-state index contributed by atoms with van der Waals surface area (Å²) in [6.07, 6.45) is 3.00. The van der Waals surface area contributed by atoms with E-state index in [9.17, 15) is 37.1 Å². The van der Waals surface area contributed by atoms with Gasteiger partial charge in [-0.3, -0.25) is 28.9 Å². The number of carbonyl (C=O) groups is 5. The lowest BCUT2D eigenvalue weighted by molar-refractivity contribution is -0.183. The summed E-state index contributed by atoms with van der Waals surface area (Å²) in [7, 11) is 3.19. The molecule has 0 bridgehead atoms. The van der Waals surface area contributed by atoms with Crippen LogP contribution in [0.5, 0.6) is 11.5 Å². The summed E-state index contributed by atoms with van der Waals surface area (Å²) < 4.78 is 72.7. The van der Waals surface area contributed by atoms with Gasteiger partial charge in [0.05, 0.1) is 89.6 Å². The van der Waals surface area contributed by atoms with Crippen molar-refractivity contribution in [2.24, 2.45) is 11.8 Å². The first-order valence-corrected chi connectivity index (χ1v) is 23.0. The number of hydrogen-bond donors (Lipinski definition) is 2. The third-order valence-electron chi connectivity index (χ3n) is 12.1. The lowest BCUT2D eigenvalue weighted by atomic mass is 9.81. The van der Waals surface area contributed by atoms with E-state index in [0.29, 0.717) is 101 Å². The number of benzene rings is 2. The molecule has 2 fully saturated rings. The average Bonchev–Trinajstić information content (AvgIpc) is 3.58. The Hall–Kier alpha value is -6.15. The minimum Gasteiger partial charge on any atom is -0.495 e. The van der Waals surface area contributed by atoms with Crippen LogP contribution >= 0.6 is 0 Å². The Kier molecular flexibility index (Phi) is 19.3. The van der Waals surface area contributed by atoms with Crippen LogP contribution in [-0.4, -0.2) is 137 Å². The van der Waals surface area contributed by atoms with E-state index in [1.807, 2.05) is 30.3 Å². The lowest BCUT2D eigenvalue weighted by Crippen LogP contribution is -2.51. The highest BCUT2D eigenvalue weighted by Gasteiger charge is 2.44. The number of rotatable bonds is 25. The molecule has 0 spiro atoms. The van der Waals surface area contributed by atoms with Gasteiger partial charge in [0, 0.05) is 31.4 Å². The number of nitrogens with zero attached hydrogens (tertiary/aromatic N) is 3. The number of likely N-dealkylation sites (N-methyl/N-ethyl adjacent to an activating group) is 1. The normalized spacial score (nSPS) is 18.3. The third-order valence-corrected chi connectivity index (χ3v) is 12.1. The quantitative estimate of drug-likeness (QED) is 0.0755. The topological polar surface area (TPSA) is 184 Å². The Morgan fingerprint density at radius 3 is 2.17 bits per heavy atom. The Morgan fingerprint density at radius 1 is 0.855 bits per heavy atom. The number of ether oxygens (including phenoxy) is 6.